The number of ether oxygens (including phenoxy) is 1. The molecule has 19 heavy (non-hydrogen) atoms. The molecule has 1 aromatic heterocycles. The van der Waals surface area contributed by atoms with Crippen LogP contribution in [0.25, 0.3) is 0 Å². The molecule has 0 aliphatic carbocycles. The van der Waals surface area contributed by atoms with Gasteiger partial charge in [-0.2, -0.15) is 11.3 Å². The number of hydrogen-bond acceptors (Lipinski definition) is 3. The maximum atomic E-state index is 5.43. The summed E-state index contributed by atoms with van der Waals surface area (Å²) in [5.74, 6) is 0.953. The number of benzene rings is 1. The molecule has 1 heterocycles. The van der Waals surface area contributed by atoms with Crippen molar-refractivity contribution in [1.29, 1.82) is 0 Å². The number of halogens is 1. The van der Waals surface area contributed by atoms with Crippen LogP contribution in [0.1, 0.15) is 11.1 Å². The molecule has 0 radical (unpaired) electrons. The van der Waals surface area contributed by atoms with E-state index in [-0.39, 0.29) is 0 Å². The first kappa shape index (κ1) is 14.6. The number of thiophene rings is 1. The normalized spacial score (nSPS) is 12.4. The molecule has 1 atom stereocenters. The Morgan fingerprint density at radius 2 is 2.16 bits per heavy atom. The van der Waals surface area contributed by atoms with Gasteiger partial charge in [0.2, 0.25) is 0 Å². The molecular formula is C15H18BrNOS. The lowest BCUT2D eigenvalue weighted by molar-refractivity contribution is 0.405. The Morgan fingerprint density at radius 1 is 1.32 bits per heavy atom. The summed E-state index contributed by atoms with van der Waals surface area (Å²) >= 11 is 5.27. The van der Waals surface area contributed by atoms with Gasteiger partial charge in [-0.15, -0.1) is 0 Å². The Kier molecular flexibility index (Phi) is 5.43. The van der Waals surface area contributed by atoms with Gasteiger partial charge in [-0.25, -0.2) is 0 Å². The molecule has 0 saturated carbocycles. The second kappa shape index (κ2) is 7.08. The zero-order chi connectivity index (χ0) is 13.7. The summed E-state index contributed by atoms with van der Waals surface area (Å²) < 4.78 is 6.53. The molecule has 2 aromatic rings. The zero-order valence-electron chi connectivity index (χ0n) is 11.2. The standard InChI is InChI=1S/C15H18BrNOS/c1-17-14(7-11-5-6-19-10-11)9-12-8-13(16)3-4-15(12)18-2/h3-6,8,10,14,17H,7,9H2,1-2H3. The molecule has 1 N–H and O–H groups in total. The first-order valence-corrected chi connectivity index (χ1v) is 7.97. The molecule has 0 saturated heterocycles. The van der Waals surface area contributed by atoms with Crippen LogP contribution in [0.2, 0.25) is 0 Å². The summed E-state index contributed by atoms with van der Waals surface area (Å²) in [5, 5.41) is 7.73. The third-order valence-electron chi connectivity index (χ3n) is 3.18. The average Bonchev–Trinajstić information content (AvgIpc) is 2.91. The van der Waals surface area contributed by atoms with Crippen LogP contribution in [-0.2, 0) is 12.8 Å². The van der Waals surface area contributed by atoms with Gasteiger partial charge in [0.15, 0.2) is 0 Å². The van der Waals surface area contributed by atoms with E-state index in [4.69, 9.17) is 4.74 Å². The van der Waals surface area contributed by atoms with Crippen molar-refractivity contribution in [1.82, 2.24) is 5.32 Å². The van der Waals surface area contributed by atoms with Crippen LogP contribution < -0.4 is 10.1 Å². The van der Waals surface area contributed by atoms with Crippen LogP contribution in [0.3, 0.4) is 0 Å². The number of nitrogens with one attached hydrogen (secondary N) is 1. The molecule has 0 fully saturated rings. The second-order valence-corrected chi connectivity index (χ2v) is 6.18. The quantitative estimate of drug-likeness (QED) is 0.861. The summed E-state index contributed by atoms with van der Waals surface area (Å²) in [6.45, 7) is 0. The molecule has 0 amide bonds. The van der Waals surface area contributed by atoms with Crippen LogP contribution in [0.5, 0.6) is 5.75 Å². The topological polar surface area (TPSA) is 21.3 Å². The van der Waals surface area contributed by atoms with Crippen molar-refractivity contribution in [2.45, 2.75) is 18.9 Å². The van der Waals surface area contributed by atoms with Crippen molar-refractivity contribution in [3.05, 3.63) is 50.6 Å². The molecule has 4 heteroatoms. The summed E-state index contributed by atoms with van der Waals surface area (Å²) in [7, 11) is 3.74. The fraction of sp³-hybridized carbons (Fsp3) is 0.333. The number of methoxy groups -OCH3 is 1. The van der Waals surface area contributed by atoms with Crippen LogP contribution in [0.4, 0.5) is 0 Å². The maximum Gasteiger partial charge on any atom is 0.122 e. The van der Waals surface area contributed by atoms with E-state index in [0.717, 1.165) is 23.1 Å². The lowest BCUT2D eigenvalue weighted by atomic mass is 10.00. The fourth-order valence-corrected chi connectivity index (χ4v) is 3.23. The fourth-order valence-electron chi connectivity index (χ4n) is 2.14. The van der Waals surface area contributed by atoms with Crippen molar-refractivity contribution in [2.75, 3.05) is 14.2 Å². The van der Waals surface area contributed by atoms with Gasteiger partial charge >= 0.3 is 0 Å². The monoisotopic (exact) mass is 339 g/mol. The Balaban J connectivity index is 2.11. The summed E-state index contributed by atoms with van der Waals surface area (Å²) in [4.78, 5) is 0. The third kappa shape index (κ3) is 4.06. The maximum absolute atomic E-state index is 5.43. The Bertz CT molecular complexity index is 513. The smallest absolute Gasteiger partial charge is 0.122 e. The van der Waals surface area contributed by atoms with E-state index >= 15 is 0 Å². The molecule has 1 unspecified atom stereocenters. The summed E-state index contributed by atoms with van der Waals surface area (Å²) in [6.07, 6.45) is 1.99. The minimum atomic E-state index is 0.415. The highest BCUT2D eigenvalue weighted by atomic mass is 79.9. The molecule has 2 rings (SSSR count). The van der Waals surface area contributed by atoms with Gasteiger partial charge in [-0.1, -0.05) is 15.9 Å². The van der Waals surface area contributed by atoms with E-state index in [1.54, 1.807) is 18.4 Å². The number of likely N-dealkylation sites (N-methyl/N-ethyl adjacent to an activating group) is 1. The highest BCUT2D eigenvalue weighted by molar-refractivity contribution is 9.10. The van der Waals surface area contributed by atoms with E-state index in [0.29, 0.717) is 6.04 Å². The van der Waals surface area contributed by atoms with Gasteiger partial charge in [0.05, 0.1) is 7.11 Å². The largest absolute Gasteiger partial charge is 0.496 e. The Morgan fingerprint density at radius 3 is 2.79 bits per heavy atom. The Labute approximate surface area is 126 Å². The summed E-state index contributed by atoms with van der Waals surface area (Å²) in [6, 6.07) is 8.76. The second-order valence-electron chi connectivity index (χ2n) is 4.48. The molecule has 102 valence electrons. The predicted octanol–water partition coefficient (Wildman–Crippen LogP) is 3.89. The van der Waals surface area contributed by atoms with E-state index < -0.39 is 0 Å². The SMILES string of the molecule is CNC(Cc1ccsc1)Cc1cc(Br)ccc1OC. The first-order chi connectivity index (χ1) is 9.22. The number of hydrogen-bond donors (Lipinski definition) is 1. The van der Waals surface area contributed by atoms with E-state index in [1.165, 1.54) is 11.1 Å². The highest BCUT2D eigenvalue weighted by Crippen LogP contribution is 2.25. The minimum Gasteiger partial charge on any atom is -0.496 e. The molecule has 1 aromatic carbocycles. The molecule has 2 nitrogen and oxygen atoms in total. The minimum absolute atomic E-state index is 0.415. The average molecular weight is 340 g/mol. The predicted molar refractivity (Wildman–Crippen MR) is 85.3 cm³/mol. The van der Waals surface area contributed by atoms with Gasteiger partial charge in [-0.05, 0) is 66.0 Å². The number of rotatable bonds is 6. The van der Waals surface area contributed by atoms with Crippen molar-refractivity contribution < 1.29 is 4.74 Å². The van der Waals surface area contributed by atoms with Gasteiger partial charge in [-0.3, -0.25) is 0 Å². The summed E-state index contributed by atoms with van der Waals surface area (Å²) in [5.41, 5.74) is 2.62. The van der Waals surface area contributed by atoms with E-state index in [9.17, 15) is 0 Å². The van der Waals surface area contributed by atoms with Gasteiger partial charge in [0.25, 0.3) is 0 Å². The van der Waals surface area contributed by atoms with Gasteiger partial charge < -0.3 is 10.1 Å². The molecule has 0 bridgehead atoms. The molecular weight excluding hydrogens is 322 g/mol. The van der Waals surface area contributed by atoms with Crippen LogP contribution in [-0.4, -0.2) is 20.2 Å². The zero-order valence-corrected chi connectivity index (χ0v) is 13.6. The Hall–Kier alpha value is -0.840. The third-order valence-corrected chi connectivity index (χ3v) is 4.40. The lowest BCUT2D eigenvalue weighted by Crippen LogP contribution is -2.29. The highest BCUT2D eigenvalue weighted by Gasteiger charge is 2.12. The van der Waals surface area contributed by atoms with Crippen molar-refractivity contribution in [2.24, 2.45) is 0 Å². The molecule has 0 aliphatic rings. The van der Waals surface area contributed by atoms with Crippen LogP contribution in [0.15, 0.2) is 39.5 Å². The van der Waals surface area contributed by atoms with Gasteiger partial charge in [0.1, 0.15) is 5.75 Å². The van der Waals surface area contributed by atoms with Crippen LogP contribution in [0, 0.1) is 0 Å². The van der Waals surface area contributed by atoms with Crippen molar-refractivity contribution in [3.8, 4) is 5.75 Å². The van der Waals surface area contributed by atoms with Crippen LogP contribution >= 0.6 is 27.3 Å². The lowest BCUT2D eigenvalue weighted by Gasteiger charge is -2.17. The molecule has 0 aliphatic heterocycles. The van der Waals surface area contributed by atoms with E-state index in [1.807, 2.05) is 19.2 Å². The first-order valence-electron chi connectivity index (χ1n) is 6.23. The van der Waals surface area contributed by atoms with Crippen molar-refractivity contribution >= 4 is 27.3 Å². The van der Waals surface area contributed by atoms with Crippen molar-refractivity contribution in [3.63, 3.8) is 0 Å². The van der Waals surface area contributed by atoms with Gasteiger partial charge in [0, 0.05) is 10.5 Å². The van der Waals surface area contributed by atoms with E-state index in [2.05, 4.69) is 44.1 Å². The molecule has 0 spiro atoms.